The van der Waals surface area contributed by atoms with Crippen LogP contribution in [-0.4, -0.2) is 22.6 Å². The van der Waals surface area contributed by atoms with Gasteiger partial charge in [0.15, 0.2) is 0 Å². The van der Waals surface area contributed by atoms with Crippen molar-refractivity contribution in [1.29, 1.82) is 0 Å². The molecule has 1 aliphatic heterocycles. The highest BCUT2D eigenvalue weighted by Gasteiger charge is 2.36. The lowest BCUT2D eigenvalue weighted by molar-refractivity contribution is -0.117. The predicted molar refractivity (Wildman–Crippen MR) is 95.3 cm³/mol. The van der Waals surface area contributed by atoms with E-state index in [-0.39, 0.29) is 30.5 Å². The Morgan fingerprint density at radius 3 is 2.70 bits per heavy atom. The first-order valence-corrected chi connectivity index (χ1v) is 8.59. The molecule has 5 nitrogen and oxygen atoms in total. The Morgan fingerprint density at radius 1 is 1.11 bits per heavy atom. The first-order chi connectivity index (χ1) is 12.9. The van der Waals surface area contributed by atoms with Crippen molar-refractivity contribution in [2.75, 3.05) is 11.4 Å². The Hall–Kier alpha value is -3.09. The maximum atomic E-state index is 14.0. The van der Waals surface area contributed by atoms with Crippen LogP contribution in [0.4, 0.5) is 14.5 Å². The number of rotatable bonds is 3. The highest BCUT2D eigenvalue weighted by molar-refractivity contribution is 5.96. The number of aryl methyl sites for hydroxylation is 2. The van der Waals surface area contributed by atoms with Gasteiger partial charge in [0.25, 0.3) is 0 Å². The highest BCUT2D eigenvalue weighted by atomic mass is 19.1. The molecule has 138 valence electrons. The molecule has 0 bridgehead atoms. The molecule has 1 amide bonds. The third-order valence-electron chi connectivity index (χ3n) is 4.88. The Morgan fingerprint density at radius 2 is 1.93 bits per heavy atom. The molecule has 0 aliphatic carbocycles. The van der Waals surface area contributed by atoms with Crippen LogP contribution in [0.15, 0.2) is 40.9 Å². The number of carbonyl (C=O) groups excluding carboxylic acids is 1. The van der Waals surface area contributed by atoms with E-state index in [9.17, 15) is 13.6 Å². The molecule has 3 aromatic rings. The van der Waals surface area contributed by atoms with Crippen LogP contribution in [0.1, 0.15) is 29.4 Å². The summed E-state index contributed by atoms with van der Waals surface area (Å²) in [5.41, 5.74) is 3.03. The van der Waals surface area contributed by atoms with Crippen molar-refractivity contribution in [3.05, 3.63) is 65.1 Å². The van der Waals surface area contributed by atoms with Gasteiger partial charge in [-0.2, -0.15) is 4.98 Å². The Labute approximate surface area is 154 Å². The average molecular weight is 369 g/mol. The second-order valence-corrected chi connectivity index (χ2v) is 6.76. The summed E-state index contributed by atoms with van der Waals surface area (Å²) in [6, 6.07) is 8.90. The summed E-state index contributed by atoms with van der Waals surface area (Å²) in [7, 11) is 0. The Kier molecular flexibility index (Phi) is 4.22. The minimum Gasteiger partial charge on any atom is -0.339 e. The van der Waals surface area contributed by atoms with E-state index in [1.54, 1.807) is 0 Å². The summed E-state index contributed by atoms with van der Waals surface area (Å²) in [5.74, 6) is -1.17. The molecule has 1 atom stereocenters. The van der Waals surface area contributed by atoms with Gasteiger partial charge in [0.2, 0.25) is 17.6 Å². The van der Waals surface area contributed by atoms with E-state index in [2.05, 4.69) is 10.1 Å². The minimum absolute atomic E-state index is 0.0728. The van der Waals surface area contributed by atoms with E-state index in [0.29, 0.717) is 11.7 Å². The summed E-state index contributed by atoms with van der Waals surface area (Å²) >= 11 is 0. The molecule has 2 heterocycles. The molecule has 1 fully saturated rings. The van der Waals surface area contributed by atoms with Gasteiger partial charge in [-0.1, -0.05) is 17.3 Å². The zero-order chi connectivity index (χ0) is 19.1. The van der Waals surface area contributed by atoms with Gasteiger partial charge in [0, 0.05) is 24.6 Å². The first kappa shape index (κ1) is 17.3. The molecule has 1 saturated heterocycles. The van der Waals surface area contributed by atoms with Gasteiger partial charge in [-0.15, -0.1) is 0 Å². The lowest BCUT2D eigenvalue weighted by Gasteiger charge is -2.16. The molecule has 1 aliphatic rings. The second kappa shape index (κ2) is 6.57. The molecule has 1 unspecified atom stereocenters. The van der Waals surface area contributed by atoms with Gasteiger partial charge in [-0.25, -0.2) is 8.78 Å². The quantitative estimate of drug-likeness (QED) is 0.696. The van der Waals surface area contributed by atoms with Crippen molar-refractivity contribution in [2.45, 2.75) is 26.2 Å². The van der Waals surface area contributed by atoms with Crippen molar-refractivity contribution in [1.82, 2.24) is 10.1 Å². The van der Waals surface area contributed by atoms with Crippen LogP contribution in [0, 0.1) is 25.5 Å². The molecule has 4 rings (SSSR count). The zero-order valence-electron chi connectivity index (χ0n) is 14.9. The van der Waals surface area contributed by atoms with Crippen LogP contribution in [-0.2, 0) is 4.79 Å². The van der Waals surface area contributed by atoms with E-state index < -0.39 is 11.6 Å². The molecular weight excluding hydrogens is 352 g/mol. The molecule has 27 heavy (non-hydrogen) atoms. The standard InChI is InChI=1S/C20H17F2N3O2/c1-11-3-4-13(7-12(11)2)19-23-20(27-24-19)14-8-18(26)25(10-14)17-9-15(21)5-6-16(17)22/h3-7,9,14H,8,10H2,1-2H3. The predicted octanol–water partition coefficient (Wildman–Crippen LogP) is 4.15. The van der Waals surface area contributed by atoms with Crippen LogP contribution >= 0.6 is 0 Å². The number of aromatic nitrogens is 2. The van der Waals surface area contributed by atoms with Crippen LogP contribution in [0.25, 0.3) is 11.4 Å². The van der Waals surface area contributed by atoms with E-state index >= 15 is 0 Å². The first-order valence-electron chi connectivity index (χ1n) is 8.59. The summed E-state index contributed by atoms with van der Waals surface area (Å²) in [6.07, 6.45) is 0.102. The molecule has 0 saturated carbocycles. The molecule has 2 aromatic carbocycles. The fraction of sp³-hybridized carbons (Fsp3) is 0.250. The Bertz CT molecular complexity index is 1030. The average Bonchev–Trinajstić information content (AvgIpc) is 3.26. The van der Waals surface area contributed by atoms with Crippen LogP contribution in [0.5, 0.6) is 0 Å². The van der Waals surface area contributed by atoms with Crippen LogP contribution in [0.2, 0.25) is 0 Å². The van der Waals surface area contributed by atoms with E-state index in [1.807, 2.05) is 32.0 Å². The number of benzene rings is 2. The zero-order valence-corrected chi connectivity index (χ0v) is 14.9. The molecular formula is C20H17F2N3O2. The molecule has 0 N–H and O–H groups in total. The van der Waals surface area contributed by atoms with E-state index in [0.717, 1.165) is 34.9 Å². The summed E-state index contributed by atoms with van der Waals surface area (Å²) in [5, 5.41) is 4.01. The van der Waals surface area contributed by atoms with Crippen molar-refractivity contribution in [3.8, 4) is 11.4 Å². The Balaban J connectivity index is 1.58. The van der Waals surface area contributed by atoms with Crippen molar-refractivity contribution in [2.24, 2.45) is 0 Å². The van der Waals surface area contributed by atoms with E-state index in [4.69, 9.17) is 4.52 Å². The lowest BCUT2D eigenvalue weighted by Crippen LogP contribution is -2.25. The number of nitrogens with zero attached hydrogens (tertiary/aromatic N) is 3. The van der Waals surface area contributed by atoms with Gasteiger partial charge in [-0.05, 0) is 43.2 Å². The van der Waals surface area contributed by atoms with Crippen molar-refractivity contribution in [3.63, 3.8) is 0 Å². The van der Waals surface area contributed by atoms with Crippen molar-refractivity contribution < 1.29 is 18.1 Å². The summed E-state index contributed by atoms with van der Waals surface area (Å²) in [4.78, 5) is 18.0. The SMILES string of the molecule is Cc1ccc(-c2noc(C3CC(=O)N(c4cc(F)ccc4F)C3)n2)cc1C. The fourth-order valence-electron chi connectivity index (χ4n) is 3.20. The van der Waals surface area contributed by atoms with Crippen LogP contribution in [0.3, 0.4) is 0 Å². The molecule has 0 radical (unpaired) electrons. The van der Waals surface area contributed by atoms with Gasteiger partial charge in [-0.3, -0.25) is 4.79 Å². The lowest BCUT2D eigenvalue weighted by atomic mass is 10.1. The normalized spacial score (nSPS) is 17.0. The number of hydrogen-bond donors (Lipinski definition) is 0. The van der Waals surface area contributed by atoms with E-state index in [1.165, 1.54) is 4.90 Å². The topological polar surface area (TPSA) is 59.2 Å². The van der Waals surface area contributed by atoms with Crippen LogP contribution < -0.4 is 4.90 Å². The highest BCUT2D eigenvalue weighted by Crippen LogP contribution is 2.33. The molecule has 1 aromatic heterocycles. The number of hydrogen-bond acceptors (Lipinski definition) is 4. The number of anilines is 1. The van der Waals surface area contributed by atoms with Gasteiger partial charge >= 0.3 is 0 Å². The fourth-order valence-corrected chi connectivity index (χ4v) is 3.20. The second-order valence-electron chi connectivity index (χ2n) is 6.76. The monoisotopic (exact) mass is 369 g/mol. The maximum absolute atomic E-state index is 14.0. The van der Waals surface area contributed by atoms with Gasteiger partial charge in [0.05, 0.1) is 11.6 Å². The van der Waals surface area contributed by atoms with Gasteiger partial charge < -0.3 is 9.42 Å². The third-order valence-corrected chi connectivity index (χ3v) is 4.88. The third kappa shape index (κ3) is 3.20. The number of amides is 1. The minimum atomic E-state index is -0.647. The summed E-state index contributed by atoms with van der Waals surface area (Å²) < 4.78 is 32.8. The maximum Gasteiger partial charge on any atom is 0.232 e. The largest absolute Gasteiger partial charge is 0.339 e. The molecule has 7 heteroatoms. The summed E-state index contributed by atoms with van der Waals surface area (Å²) in [6.45, 7) is 4.18. The number of halogens is 2. The number of carbonyl (C=O) groups is 1. The van der Waals surface area contributed by atoms with Crippen molar-refractivity contribution >= 4 is 11.6 Å². The van der Waals surface area contributed by atoms with Gasteiger partial charge in [0.1, 0.15) is 11.6 Å². The molecule has 0 spiro atoms. The smallest absolute Gasteiger partial charge is 0.232 e.